The van der Waals surface area contributed by atoms with E-state index in [0.717, 1.165) is 0 Å². The Labute approximate surface area is 179 Å². The van der Waals surface area contributed by atoms with Gasteiger partial charge in [-0.2, -0.15) is 0 Å². The van der Waals surface area contributed by atoms with Crippen LogP contribution in [0.25, 0.3) is 0 Å². The molecule has 0 saturated heterocycles. The highest BCUT2D eigenvalue weighted by Gasteiger charge is 2.26. The second-order valence-corrected chi connectivity index (χ2v) is 6.77. The maximum atomic E-state index is 13.0. The second-order valence-electron chi connectivity index (χ2n) is 6.77. The van der Waals surface area contributed by atoms with Gasteiger partial charge in [0.15, 0.2) is 11.5 Å². The summed E-state index contributed by atoms with van der Waals surface area (Å²) in [4.78, 5) is 25.8. The molecule has 0 bridgehead atoms. The summed E-state index contributed by atoms with van der Waals surface area (Å²) in [5.41, 5.74) is 1.38. The van der Waals surface area contributed by atoms with Crippen molar-refractivity contribution in [2.75, 3.05) is 25.6 Å². The Kier molecular flexibility index (Phi) is 6.03. The molecule has 1 N–H and O–H groups in total. The molecule has 1 aliphatic heterocycles. The predicted molar refractivity (Wildman–Crippen MR) is 114 cm³/mol. The van der Waals surface area contributed by atoms with Crippen LogP contribution in [-0.2, 0) is 9.53 Å². The molecule has 1 atom stereocenters. The molecule has 0 saturated carbocycles. The smallest absolute Gasteiger partial charge is 0.339 e. The van der Waals surface area contributed by atoms with E-state index >= 15 is 0 Å². The van der Waals surface area contributed by atoms with Crippen molar-refractivity contribution in [2.24, 2.45) is 0 Å². The average molecular weight is 419 g/mol. The van der Waals surface area contributed by atoms with E-state index in [1.54, 1.807) is 73.8 Å². The largest absolute Gasteiger partial charge is 0.497 e. The van der Waals surface area contributed by atoms with Crippen molar-refractivity contribution in [1.29, 1.82) is 0 Å². The van der Waals surface area contributed by atoms with E-state index in [1.807, 2.05) is 6.07 Å². The van der Waals surface area contributed by atoms with Crippen LogP contribution in [0.4, 0.5) is 5.69 Å². The number of carbonyl (C=O) groups is 2. The highest BCUT2D eigenvalue weighted by atomic mass is 16.6. The highest BCUT2D eigenvalue weighted by Crippen LogP contribution is 2.31. The standard InChI is InChI=1S/C24H21NO6/c1-28-19-10-8-18(9-11-19)25-23(26)22(16-5-3-2-4-6-16)31-24(27)17-7-12-20-21(15-17)30-14-13-29-20/h2-12,15,22H,13-14H2,1H3,(H,25,26). The molecular formula is C24H21NO6. The molecule has 0 aromatic heterocycles. The van der Waals surface area contributed by atoms with Crippen LogP contribution >= 0.6 is 0 Å². The van der Waals surface area contributed by atoms with Crippen LogP contribution in [0.15, 0.2) is 72.8 Å². The van der Waals surface area contributed by atoms with Crippen LogP contribution in [0.2, 0.25) is 0 Å². The summed E-state index contributed by atoms with van der Waals surface area (Å²) in [6, 6.07) is 20.5. The molecule has 158 valence electrons. The normalized spacial score (nSPS) is 13.1. The molecule has 1 aliphatic rings. The van der Waals surface area contributed by atoms with Crippen LogP contribution in [-0.4, -0.2) is 32.2 Å². The lowest BCUT2D eigenvalue weighted by molar-refractivity contribution is -0.125. The van der Waals surface area contributed by atoms with E-state index in [-0.39, 0.29) is 5.56 Å². The van der Waals surface area contributed by atoms with Crippen LogP contribution in [0.1, 0.15) is 22.0 Å². The van der Waals surface area contributed by atoms with Crippen molar-refractivity contribution in [1.82, 2.24) is 0 Å². The first-order valence-electron chi connectivity index (χ1n) is 9.74. The third-order valence-electron chi connectivity index (χ3n) is 4.70. The van der Waals surface area contributed by atoms with Gasteiger partial charge in [0.1, 0.15) is 19.0 Å². The Balaban J connectivity index is 1.55. The number of anilines is 1. The van der Waals surface area contributed by atoms with Crippen LogP contribution in [0.5, 0.6) is 17.2 Å². The van der Waals surface area contributed by atoms with E-state index in [0.29, 0.717) is 41.7 Å². The number of nitrogens with one attached hydrogen (secondary N) is 1. The molecule has 0 aliphatic carbocycles. The number of hydrogen-bond donors (Lipinski definition) is 1. The van der Waals surface area contributed by atoms with Gasteiger partial charge in [0, 0.05) is 11.3 Å². The first-order chi connectivity index (χ1) is 15.1. The molecule has 0 fully saturated rings. The van der Waals surface area contributed by atoms with Crippen molar-refractivity contribution in [2.45, 2.75) is 6.10 Å². The molecular weight excluding hydrogens is 398 g/mol. The molecule has 1 amide bonds. The Morgan fingerprint density at radius 2 is 1.61 bits per heavy atom. The van der Waals surface area contributed by atoms with Crippen LogP contribution in [0.3, 0.4) is 0 Å². The summed E-state index contributed by atoms with van der Waals surface area (Å²) >= 11 is 0. The van der Waals surface area contributed by atoms with Crippen molar-refractivity contribution in [3.8, 4) is 17.2 Å². The molecule has 7 nitrogen and oxygen atoms in total. The molecule has 1 heterocycles. The number of rotatable bonds is 6. The lowest BCUT2D eigenvalue weighted by atomic mass is 10.1. The summed E-state index contributed by atoms with van der Waals surface area (Å²) < 4.78 is 21.8. The molecule has 3 aromatic carbocycles. The number of amides is 1. The number of ether oxygens (including phenoxy) is 4. The maximum absolute atomic E-state index is 13.0. The zero-order valence-corrected chi connectivity index (χ0v) is 16.9. The fraction of sp³-hybridized carbons (Fsp3) is 0.167. The lowest BCUT2D eigenvalue weighted by Crippen LogP contribution is -2.26. The molecule has 31 heavy (non-hydrogen) atoms. The Morgan fingerprint density at radius 1 is 0.903 bits per heavy atom. The highest BCUT2D eigenvalue weighted by molar-refractivity contribution is 5.98. The Hall–Kier alpha value is -4.00. The number of esters is 1. The van der Waals surface area contributed by atoms with Crippen molar-refractivity contribution < 1.29 is 28.5 Å². The number of benzene rings is 3. The van der Waals surface area contributed by atoms with Crippen LogP contribution in [0, 0.1) is 0 Å². The topological polar surface area (TPSA) is 83.1 Å². The average Bonchev–Trinajstić information content (AvgIpc) is 2.83. The van der Waals surface area contributed by atoms with Gasteiger partial charge in [0.05, 0.1) is 12.7 Å². The van der Waals surface area contributed by atoms with Crippen molar-refractivity contribution >= 4 is 17.6 Å². The van der Waals surface area contributed by atoms with Gasteiger partial charge in [-0.3, -0.25) is 4.79 Å². The number of fused-ring (bicyclic) bond motifs is 1. The summed E-state index contributed by atoms with van der Waals surface area (Å²) in [5.74, 6) is 0.597. The minimum Gasteiger partial charge on any atom is -0.497 e. The van der Waals surface area contributed by atoms with E-state index in [2.05, 4.69) is 5.32 Å². The van der Waals surface area contributed by atoms with Gasteiger partial charge < -0.3 is 24.3 Å². The number of methoxy groups -OCH3 is 1. The van der Waals surface area contributed by atoms with Crippen molar-refractivity contribution in [3.05, 3.63) is 83.9 Å². The first-order valence-corrected chi connectivity index (χ1v) is 9.74. The quantitative estimate of drug-likeness (QED) is 0.608. The van der Waals surface area contributed by atoms with Gasteiger partial charge in [0.25, 0.3) is 5.91 Å². The molecule has 0 radical (unpaired) electrons. The fourth-order valence-corrected chi connectivity index (χ4v) is 3.13. The summed E-state index contributed by atoms with van der Waals surface area (Å²) in [6.45, 7) is 0.862. The first kappa shape index (κ1) is 20.3. The maximum Gasteiger partial charge on any atom is 0.339 e. The summed E-state index contributed by atoms with van der Waals surface area (Å²) in [7, 11) is 1.57. The minimum absolute atomic E-state index is 0.266. The molecule has 4 rings (SSSR count). The number of hydrogen-bond acceptors (Lipinski definition) is 6. The second kappa shape index (κ2) is 9.21. The lowest BCUT2D eigenvalue weighted by Gasteiger charge is -2.20. The van der Waals surface area contributed by atoms with Gasteiger partial charge in [0.2, 0.25) is 6.10 Å². The van der Waals surface area contributed by atoms with Gasteiger partial charge in [-0.05, 0) is 42.5 Å². The SMILES string of the molecule is COc1ccc(NC(=O)C(OC(=O)c2ccc3c(c2)OCCO3)c2ccccc2)cc1. The molecule has 7 heteroatoms. The van der Waals surface area contributed by atoms with E-state index in [4.69, 9.17) is 18.9 Å². The van der Waals surface area contributed by atoms with E-state index in [1.165, 1.54) is 0 Å². The number of carbonyl (C=O) groups excluding carboxylic acids is 2. The Morgan fingerprint density at radius 3 is 2.32 bits per heavy atom. The fourth-order valence-electron chi connectivity index (χ4n) is 3.13. The minimum atomic E-state index is -1.14. The third-order valence-corrected chi connectivity index (χ3v) is 4.70. The van der Waals surface area contributed by atoms with Crippen LogP contribution < -0.4 is 19.5 Å². The molecule has 0 spiro atoms. The Bertz CT molecular complexity index is 1070. The summed E-state index contributed by atoms with van der Waals surface area (Å²) in [5, 5.41) is 2.78. The third kappa shape index (κ3) is 4.78. The zero-order chi connectivity index (χ0) is 21.6. The zero-order valence-electron chi connectivity index (χ0n) is 16.9. The van der Waals surface area contributed by atoms with E-state index < -0.39 is 18.0 Å². The molecule has 1 unspecified atom stereocenters. The van der Waals surface area contributed by atoms with Crippen molar-refractivity contribution in [3.63, 3.8) is 0 Å². The predicted octanol–water partition coefficient (Wildman–Crippen LogP) is 4.00. The van der Waals surface area contributed by atoms with Gasteiger partial charge in [-0.1, -0.05) is 30.3 Å². The van der Waals surface area contributed by atoms with Gasteiger partial charge >= 0.3 is 5.97 Å². The summed E-state index contributed by atoms with van der Waals surface area (Å²) in [6.07, 6.45) is -1.14. The molecule has 3 aromatic rings. The monoisotopic (exact) mass is 419 g/mol. The van der Waals surface area contributed by atoms with Gasteiger partial charge in [-0.25, -0.2) is 4.79 Å². The van der Waals surface area contributed by atoms with Gasteiger partial charge in [-0.15, -0.1) is 0 Å². The van der Waals surface area contributed by atoms with E-state index in [9.17, 15) is 9.59 Å².